The molecule has 21 heavy (non-hydrogen) atoms. The molecule has 1 fully saturated rings. The van der Waals surface area contributed by atoms with Crippen LogP contribution in [-0.2, 0) is 0 Å². The van der Waals surface area contributed by atoms with Gasteiger partial charge in [0.2, 0.25) is 0 Å². The van der Waals surface area contributed by atoms with Crippen molar-refractivity contribution >= 4 is 23.2 Å². The lowest BCUT2D eigenvalue weighted by atomic mass is 9.76. The molecule has 1 aromatic heterocycles. The third kappa shape index (κ3) is 3.91. The minimum absolute atomic E-state index is 0.0214. The lowest BCUT2D eigenvalue weighted by Gasteiger charge is -2.33. The summed E-state index contributed by atoms with van der Waals surface area (Å²) in [6, 6.07) is 1.16. The first-order chi connectivity index (χ1) is 9.91. The second kappa shape index (κ2) is 6.39. The zero-order valence-corrected chi connectivity index (χ0v) is 12.7. The average molecular weight is 312 g/mol. The van der Waals surface area contributed by atoms with E-state index in [2.05, 4.69) is 17.2 Å². The molecule has 0 aliphatic heterocycles. The molecule has 0 radical (unpaired) electrons. The van der Waals surface area contributed by atoms with E-state index in [1.807, 2.05) is 0 Å². The Bertz CT molecular complexity index is 556. The molecule has 6 nitrogen and oxygen atoms in total. The molecular formula is C14H18ClN3O3. The number of nitro groups is 1. The predicted molar refractivity (Wildman–Crippen MR) is 79.4 cm³/mol. The van der Waals surface area contributed by atoms with Crippen molar-refractivity contribution in [2.75, 3.05) is 6.54 Å². The Balaban J connectivity index is 2.06. The molecule has 1 heterocycles. The Labute approximate surface area is 128 Å². The Kier molecular flexibility index (Phi) is 4.77. The van der Waals surface area contributed by atoms with Crippen molar-refractivity contribution in [2.45, 2.75) is 39.0 Å². The topological polar surface area (TPSA) is 85.1 Å². The molecule has 7 heteroatoms. The largest absolute Gasteiger partial charge is 0.351 e. The van der Waals surface area contributed by atoms with Crippen LogP contribution >= 0.6 is 11.6 Å². The lowest BCUT2D eigenvalue weighted by Crippen LogP contribution is -2.37. The first-order valence-electron chi connectivity index (χ1n) is 6.99. The molecule has 1 amide bonds. The van der Waals surface area contributed by atoms with Gasteiger partial charge in [-0.2, -0.15) is 0 Å². The van der Waals surface area contributed by atoms with Crippen LogP contribution in [0.1, 0.15) is 49.4 Å². The number of carbonyl (C=O) groups excluding carboxylic acids is 1. The van der Waals surface area contributed by atoms with E-state index < -0.39 is 10.8 Å². The van der Waals surface area contributed by atoms with Gasteiger partial charge in [-0.3, -0.25) is 14.9 Å². The van der Waals surface area contributed by atoms with Gasteiger partial charge >= 0.3 is 0 Å². The fourth-order valence-electron chi connectivity index (χ4n) is 2.67. The van der Waals surface area contributed by atoms with Crippen molar-refractivity contribution in [2.24, 2.45) is 5.41 Å². The third-order valence-corrected chi connectivity index (χ3v) is 4.32. The van der Waals surface area contributed by atoms with Gasteiger partial charge in [0.1, 0.15) is 11.3 Å². The third-order valence-electron chi connectivity index (χ3n) is 4.02. The molecule has 0 spiro atoms. The summed E-state index contributed by atoms with van der Waals surface area (Å²) < 4.78 is 0. The minimum atomic E-state index is -0.595. The van der Waals surface area contributed by atoms with Crippen LogP contribution in [0.2, 0.25) is 5.15 Å². The van der Waals surface area contributed by atoms with Crippen LogP contribution in [-0.4, -0.2) is 22.4 Å². The maximum absolute atomic E-state index is 12.2. The Morgan fingerprint density at radius 1 is 1.48 bits per heavy atom. The van der Waals surface area contributed by atoms with E-state index in [1.165, 1.54) is 19.3 Å². The number of rotatable bonds is 4. The monoisotopic (exact) mass is 311 g/mol. The van der Waals surface area contributed by atoms with Crippen LogP contribution in [0.3, 0.4) is 0 Å². The maximum Gasteiger partial charge on any atom is 0.288 e. The summed E-state index contributed by atoms with van der Waals surface area (Å²) in [5.41, 5.74) is -0.104. The molecule has 1 aliphatic carbocycles. The summed E-state index contributed by atoms with van der Waals surface area (Å²) in [6.07, 6.45) is 6.78. The van der Waals surface area contributed by atoms with Crippen LogP contribution in [0.5, 0.6) is 0 Å². The summed E-state index contributed by atoms with van der Waals surface area (Å²) in [5, 5.41) is 13.5. The van der Waals surface area contributed by atoms with E-state index in [-0.39, 0.29) is 21.8 Å². The normalized spacial score (nSPS) is 17.2. The smallest absolute Gasteiger partial charge is 0.288 e. The fraction of sp³-hybridized carbons (Fsp3) is 0.571. The highest BCUT2D eigenvalue weighted by Gasteiger charge is 2.28. The summed E-state index contributed by atoms with van der Waals surface area (Å²) >= 11 is 5.86. The van der Waals surface area contributed by atoms with Crippen molar-refractivity contribution in [1.29, 1.82) is 0 Å². The average Bonchev–Trinajstić information content (AvgIpc) is 2.46. The molecule has 1 N–H and O–H groups in total. The fourth-order valence-corrected chi connectivity index (χ4v) is 2.86. The molecule has 0 aromatic carbocycles. The number of hydrogen-bond donors (Lipinski definition) is 1. The predicted octanol–water partition coefficient (Wildman–Crippen LogP) is 3.34. The quantitative estimate of drug-likeness (QED) is 0.525. The highest BCUT2D eigenvalue weighted by molar-refractivity contribution is 6.32. The zero-order valence-electron chi connectivity index (χ0n) is 11.9. The molecule has 1 saturated carbocycles. The van der Waals surface area contributed by atoms with E-state index in [9.17, 15) is 14.9 Å². The summed E-state index contributed by atoms with van der Waals surface area (Å²) in [7, 11) is 0. The van der Waals surface area contributed by atoms with Crippen LogP contribution < -0.4 is 5.32 Å². The van der Waals surface area contributed by atoms with Crippen LogP contribution in [0.4, 0.5) is 5.69 Å². The van der Waals surface area contributed by atoms with Gasteiger partial charge in [0, 0.05) is 12.6 Å². The Hall–Kier alpha value is -1.69. The summed E-state index contributed by atoms with van der Waals surface area (Å²) in [5.74, 6) is -0.414. The second-order valence-corrected chi connectivity index (χ2v) is 6.20. The Morgan fingerprint density at radius 3 is 2.76 bits per heavy atom. The number of halogens is 1. The van der Waals surface area contributed by atoms with Gasteiger partial charge in [0.25, 0.3) is 11.6 Å². The molecule has 2 rings (SSSR count). The van der Waals surface area contributed by atoms with Gasteiger partial charge in [-0.15, -0.1) is 0 Å². The van der Waals surface area contributed by atoms with Gasteiger partial charge in [0.15, 0.2) is 0 Å². The molecule has 114 valence electrons. The van der Waals surface area contributed by atoms with Gasteiger partial charge in [0.05, 0.1) is 10.5 Å². The molecular weight excluding hydrogens is 294 g/mol. The highest BCUT2D eigenvalue weighted by Crippen LogP contribution is 2.35. The molecule has 0 saturated heterocycles. The van der Waals surface area contributed by atoms with Crippen molar-refractivity contribution in [3.8, 4) is 0 Å². The molecule has 1 aromatic rings. The minimum Gasteiger partial charge on any atom is -0.351 e. The SMILES string of the molecule is CC1(CNC(=O)c2cc([N+](=O)[O-])cnc2Cl)CCCCC1. The second-order valence-electron chi connectivity index (χ2n) is 5.84. The number of aromatic nitrogens is 1. The molecule has 0 atom stereocenters. The summed E-state index contributed by atoms with van der Waals surface area (Å²) in [6.45, 7) is 2.70. The van der Waals surface area contributed by atoms with E-state index in [4.69, 9.17) is 11.6 Å². The van der Waals surface area contributed by atoms with Crippen molar-refractivity contribution in [3.05, 3.63) is 33.1 Å². The van der Waals surface area contributed by atoms with E-state index in [1.54, 1.807) is 0 Å². The molecule has 0 unspecified atom stereocenters. The van der Waals surface area contributed by atoms with E-state index in [0.717, 1.165) is 25.1 Å². The standard InChI is InChI=1S/C14H18ClN3O3/c1-14(5-3-2-4-6-14)9-17-13(19)11-7-10(18(20)21)8-16-12(11)15/h7-8H,2-6,9H2,1H3,(H,17,19). The zero-order chi connectivity index (χ0) is 15.5. The van der Waals surface area contributed by atoms with E-state index in [0.29, 0.717) is 6.54 Å². The number of nitrogens with zero attached hydrogens (tertiary/aromatic N) is 2. The van der Waals surface area contributed by atoms with Crippen molar-refractivity contribution in [3.63, 3.8) is 0 Å². The first-order valence-corrected chi connectivity index (χ1v) is 7.37. The van der Waals surface area contributed by atoms with Crippen molar-refractivity contribution < 1.29 is 9.72 Å². The maximum atomic E-state index is 12.2. The number of nitrogens with one attached hydrogen (secondary N) is 1. The highest BCUT2D eigenvalue weighted by atomic mass is 35.5. The molecule has 1 aliphatic rings. The van der Waals surface area contributed by atoms with Crippen LogP contribution in [0.25, 0.3) is 0 Å². The van der Waals surface area contributed by atoms with Crippen molar-refractivity contribution in [1.82, 2.24) is 10.3 Å². The van der Waals surface area contributed by atoms with Crippen LogP contribution in [0.15, 0.2) is 12.3 Å². The number of amides is 1. The van der Waals surface area contributed by atoms with Gasteiger partial charge in [-0.25, -0.2) is 4.98 Å². The molecule has 0 bridgehead atoms. The summed E-state index contributed by atoms with van der Waals surface area (Å²) in [4.78, 5) is 26.0. The van der Waals surface area contributed by atoms with E-state index >= 15 is 0 Å². The number of hydrogen-bond acceptors (Lipinski definition) is 4. The Morgan fingerprint density at radius 2 is 2.14 bits per heavy atom. The lowest BCUT2D eigenvalue weighted by molar-refractivity contribution is -0.385. The van der Waals surface area contributed by atoms with Gasteiger partial charge in [-0.05, 0) is 18.3 Å². The van der Waals surface area contributed by atoms with Gasteiger partial charge < -0.3 is 5.32 Å². The first kappa shape index (κ1) is 15.7. The number of pyridine rings is 1. The number of carbonyl (C=O) groups is 1. The van der Waals surface area contributed by atoms with Gasteiger partial charge in [-0.1, -0.05) is 37.8 Å². The van der Waals surface area contributed by atoms with Crippen LogP contribution in [0, 0.1) is 15.5 Å².